The molecule has 0 radical (unpaired) electrons. The van der Waals surface area contributed by atoms with Gasteiger partial charge in [0, 0.05) is 36.2 Å². The molecule has 0 saturated heterocycles. The summed E-state index contributed by atoms with van der Waals surface area (Å²) in [6.45, 7) is 5.40. The lowest BCUT2D eigenvalue weighted by Gasteiger charge is -2.14. The van der Waals surface area contributed by atoms with Crippen LogP contribution < -0.4 is 5.32 Å². The number of benzene rings is 1. The van der Waals surface area contributed by atoms with E-state index >= 15 is 0 Å². The van der Waals surface area contributed by atoms with Crippen LogP contribution >= 0.6 is 11.3 Å². The topological polar surface area (TPSA) is 17.0 Å². The van der Waals surface area contributed by atoms with E-state index in [1.807, 2.05) is 0 Å². The molecule has 110 valence electrons. The minimum absolute atomic E-state index is 0.483. The standard InChI is InChI=1S/C18H22N2S/c1-13(10-15-8-9-21-12-15)19-11-18-14(2)16-6-4-5-7-17(16)20(18)3/h4-9,12-13,19H,10-11H2,1-3H3. The molecule has 0 aliphatic heterocycles. The summed E-state index contributed by atoms with van der Waals surface area (Å²) >= 11 is 1.77. The molecule has 0 bridgehead atoms. The first-order valence-corrected chi connectivity index (χ1v) is 8.38. The fourth-order valence-corrected chi connectivity index (χ4v) is 3.67. The van der Waals surface area contributed by atoms with Crippen LogP contribution in [0.3, 0.4) is 0 Å². The lowest BCUT2D eigenvalue weighted by atomic mass is 10.1. The second kappa shape index (κ2) is 6.04. The summed E-state index contributed by atoms with van der Waals surface area (Å²) in [4.78, 5) is 0. The van der Waals surface area contributed by atoms with E-state index in [2.05, 4.69) is 71.9 Å². The second-order valence-corrected chi connectivity index (χ2v) is 6.55. The number of hydrogen-bond acceptors (Lipinski definition) is 2. The third-order valence-corrected chi connectivity index (χ3v) is 4.98. The number of para-hydroxylation sites is 1. The van der Waals surface area contributed by atoms with Gasteiger partial charge in [0.25, 0.3) is 0 Å². The van der Waals surface area contributed by atoms with Gasteiger partial charge in [-0.1, -0.05) is 18.2 Å². The lowest BCUT2D eigenvalue weighted by Crippen LogP contribution is -2.28. The molecule has 0 fully saturated rings. The molecule has 1 aromatic carbocycles. The fourth-order valence-electron chi connectivity index (χ4n) is 2.99. The Morgan fingerprint density at radius 1 is 1.24 bits per heavy atom. The third kappa shape index (κ3) is 2.89. The molecule has 2 nitrogen and oxygen atoms in total. The van der Waals surface area contributed by atoms with E-state index in [-0.39, 0.29) is 0 Å². The SMILES string of the molecule is Cc1c(CNC(C)Cc2ccsc2)n(C)c2ccccc12. The summed E-state index contributed by atoms with van der Waals surface area (Å²) in [6, 6.07) is 11.3. The average molecular weight is 298 g/mol. The molecule has 0 amide bonds. The number of nitrogens with one attached hydrogen (secondary N) is 1. The van der Waals surface area contributed by atoms with E-state index in [1.165, 1.54) is 27.7 Å². The molecule has 0 saturated carbocycles. The van der Waals surface area contributed by atoms with Crippen LogP contribution in [0.25, 0.3) is 10.9 Å². The summed E-state index contributed by atoms with van der Waals surface area (Å²) in [5, 5.41) is 9.41. The van der Waals surface area contributed by atoms with Crippen molar-refractivity contribution in [3.63, 3.8) is 0 Å². The zero-order valence-electron chi connectivity index (χ0n) is 12.9. The first kappa shape index (κ1) is 14.4. The molecular formula is C18H22N2S. The van der Waals surface area contributed by atoms with Gasteiger partial charge in [-0.2, -0.15) is 11.3 Å². The van der Waals surface area contributed by atoms with Crippen LogP contribution in [0, 0.1) is 6.92 Å². The Bertz CT molecular complexity index is 686. The fraction of sp³-hybridized carbons (Fsp3) is 0.333. The molecule has 3 heteroatoms. The first-order chi connectivity index (χ1) is 10.2. The molecular weight excluding hydrogens is 276 g/mol. The van der Waals surface area contributed by atoms with Crippen LogP contribution in [0.1, 0.15) is 23.7 Å². The van der Waals surface area contributed by atoms with E-state index in [4.69, 9.17) is 0 Å². The number of aryl methyl sites for hydroxylation is 2. The number of thiophene rings is 1. The van der Waals surface area contributed by atoms with Crippen LogP contribution in [-0.2, 0) is 20.0 Å². The van der Waals surface area contributed by atoms with Crippen molar-refractivity contribution in [2.75, 3.05) is 0 Å². The largest absolute Gasteiger partial charge is 0.346 e. The Morgan fingerprint density at radius 3 is 2.76 bits per heavy atom. The van der Waals surface area contributed by atoms with Gasteiger partial charge in [0.15, 0.2) is 0 Å². The molecule has 0 aliphatic rings. The van der Waals surface area contributed by atoms with Gasteiger partial charge >= 0.3 is 0 Å². The third-order valence-electron chi connectivity index (χ3n) is 4.25. The number of aromatic nitrogens is 1. The van der Waals surface area contributed by atoms with Crippen LogP contribution in [0.2, 0.25) is 0 Å². The molecule has 3 rings (SSSR count). The van der Waals surface area contributed by atoms with E-state index in [0.717, 1.165) is 13.0 Å². The Morgan fingerprint density at radius 2 is 2.05 bits per heavy atom. The summed E-state index contributed by atoms with van der Waals surface area (Å²) < 4.78 is 2.31. The summed E-state index contributed by atoms with van der Waals surface area (Å²) in [5.74, 6) is 0. The summed E-state index contributed by atoms with van der Waals surface area (Å²) in [7, 11) is 2.16. The van der Waals surface area contributed by atoms with Crippen molar-refractivity contribution in [3.8, 4) is 0 Å². The molecule has 0 spiro atoms. The van der Waals surface area contributed by atoms with Gasteiger partial charge in [-0.15, -0.1) is 0 Å². The molecule has 1 atom stereocenters. The van der Waals surface area contributed by atoms with Gasteiger partial charge < -0.3 is 9.88 Å². The van der Waals surface area contributed by atoms with E-state index < -0.39 is 0 Å². The number of fused-ring (bicyclic) bond motifs is 1. The van der Waals surface area contributed by atoms with Crippen molar-refractivity contribution in [2.45, 2.75) is 32.9 Å². The lowest BCUT2D eigenvalue weighted by molar-refractivity contribution is 0.533. The molecule has 1 unspecified atom stereocenters. The average Bonchev–Trinajstić information content (AvgIpc) is 3.07. The molecule has 0 aliphatic carbocycles. The van der Waals surface area contributed by atoms with Gasteiger partial charge in [-0.05, 0) is 54.3 Å². The molecule has 2 heterocycles. The summed E-state index contributed by atoms with van der Waals surface area (Å²) in [5.41, 5.74) is 5.52. The minimum atomic E-state index is 0.483. The number of hydrogen-bond donors (Lipinski definition) is 1. The predicted molar refractivity (Wildman–Crippen MR) is 92.0 cm³/mol. The van der Waals surface area contributed by atoms with Crippen molar-refractivity contribution in [1.82, 2.24) is 9.88 Å². The van der Waals surface area contributed by atoms with Crippen molar-refractivity contribution < 1.29 is 0 Å². The van der Waals surface area contributed by atoms with Gasteiger partial charge in [0.05, 0.1) is 0 Å². The monoisotopic (exact) mass is 298 g/mol. The number of rotatable bonds is 5. The van der Waals surface area contributed by atoms with Crippen LogP contribution in [0.4, 0.5) is 0 Å². The molecule has 21 heavy (non-hydrogen) atoms. The normalized spacial score (nSPS) is 12.9. The minimum Gasteiger partial charge on any atom is -0.346 e. The smallest absolute Gasteiger partial charge is 0.0483 e. The van der Waals surface area contributed by atoms with E-state index in [0.29, 0.717) is 6.04 Å². The van der Waals surface area contributed by atoms with E-state index in [9.17, 15) is 0 Å². The van der Waals surface area contributed by atoms with Gasteiger partial charge in [-0.3, -0.25) is 0 Å². The first-order valence-electron chi connectivity index (χ1n) is 7.44. The quantitative estimate of drug-likeness (QED) is 0.744. The highest BCUT2D eigenvalue weighted by molar-refractivity contribution is 7.07. The Labute approximate surface area is 130 Å². The Balaban J connectivity index is 1.73. The van der Waals surface area contributed by atoms with Gasteiger partial charge in [0.2, 0.25) is 0 Å². The zero-order valence-corrected chi connectivity index (χ0v) is 13.7. The van der Waals surface area contributed by atoms with Crippen molar-refractivity contribution in [2.24, 2.45) is 7.05 Å². The van der Waals surface area contributed by atoms with Gasteiger partial charge in [0.1, 0.15) is 0 Å². The highest BCUT2D eigenvalue weighted by Crippen LogP contribution is 2.24. The second-order valence-electron chi connectivity index (χ2n) is 5.77. The van der Waals surface area contributed by atoms with Crippen LogP contribution in [0.15, 0.2) is 41.1 Å². The Kier molecular flexibility index (Phi) is 4.13. The zero-order chi connectivity index (χ0) is 14.8. The summed E-state index contributed by atoms with van der Waals surface area (Å²) in [6.07, 6.45) is 1.09. The molecule has 3 aromatic rings. The molecule has 1 N–H and O–H groups in total. The van der Waals surface area contributed by atoms with Crippen molar-refractivity contribution in [3.05, 3.63) is 57.9 Å². The van der Waals surface area contributed by atoms with Crippen LogP contribution in [0.5, 0.6) is 0 Å². The highest BCUT2D eigenvalue weighted by atomic mass is 32.1. The highest BCUT2D eigenvalue weighted by Gasteiger charge is 2.12. The number of nitrogens with zero attached hydrogens (tertiary/aromatic N) is 1. The van der Waals surface area contributed by atoms with E-state index in [1.54, 1.807) is 11.3 Å². The maximum atomic E-state index is 3.66. The van der Waals surface area contributed by atoms with Crippen molar-refractivity contribution in [1.29, 1.82) is 0 Å². The van der Waals surface area contributed by atoms with Crippen LogP contribution in [-0.4, -0.2) is 10.6 Å². The predicted octanol–water partition coefficient (Wildman–Crippen LogP) is 4.27. The molecule has 2 aromatic heterocycles. The Hall–Kier alpha value is -1.58. The maximum absolute atomic E-state index is 3.66. The maximum Gasteiger partial charge on any atom is 0.0483 e. The van der Waals surface area contributed by atoms with Gasteiger partial charge in [-0.25, -0.2) is 0 Å². The van der Waals surface area contributed by atoms with Crippen molar-refractivity contribution >= 4 is 22.2 Å².